The summed E-state index contributed by atoms with van der Waals surface area (Å²) in [6.45, 7) is 4.94. The molecule has 2 aromatic carbocycles. The highest BCUT2D eigenvalue weighted by Gasteiger charge is 2.12. The molecule has 1 aliphatic rings. The molecule has 0 radical (unpaired) electrons. The van der Waals surface area contributed by atoms with Crippen molar-refractivity contribution in [3.63, 3.8) is 0 Å². The van der Waals surface area contributed by atoms with E-state index in [1.165, 1.54) is 18.5 Å². The molecule has 3 rings (SSSR count). The van der Waals surface area contributed by atoms with Crippen LogP contribution in [0, 0.1) is 0 Å². The van der Waals surface area contributed by atoms with E-state index >= 15 is 0 Å². The summed E-state index contributed by atoms with van der Waals surface area (Å²) in [6.07, 6.45) is 4.49. The molecule has 0 unspecified atom stereocenters. The minimum atomic E-state index is -0.859. The summed E-state index contributed by atoms with van der Waals surface area (Å²) in [5, 5.41) is 8.87. The van der Waals surface area contributed by atoms with Crippen LogP contribution in [0.3, 0.4) is 0 Å². The molecule has 6 heteroatoms. The molecule has 2 N–H and O–H groups in total. The van der Waals surface area contributed by atoms with E-state index in [4.69, 9.17) is 14.7 Å². The fourth-order valence-electron chi connectivity index (χ4n) is 3.36. The maximum atomic E-state index is 10.8. The molecule has 29 heavy (non-hydrogen) atoms. The van der Waals surface area contributed by atoms with Gasteiger partial charge in [0.1, 0.15) is 19.0 Å². The van der Waals surface area contributed by atoms with Crippen molar-refractivity contribution in [3.05, 3.63) is 65.7 Å². The van der Waals surface area contributed by atoms with Crippen molar-refractivity contribution in [1.82, 2.24) is 5.48 Å². The maximum absolute atomic E-state index is 10.8. The SMILES string of the molecule is CC=C(NOCCOc1cccc(CC(=O)O)c1)c1ccc(N2CCCC2)cc1. The molecule has 2 aromatic rings. The Labute approximate surface area is 171 Å². The van der Waals surface area contributed by atoms with Crippen molar-refractivity contribution in [2.24, 2.45) is 0 Å². The highest BCUT2D eigenvalue weighted by atomic mass is 16.7. The zero-order valence-corrected chi connectivity index (χ0v) is 16.8. The lowest BCUT2D eigenvalue weighted by atomic mass is 10.1. The summed E-state index contributed by atoms with van der Waals surface area (Å²) >= 11 is 0. The van der Waals surface area contributed by atoms with Gasteiger partial charge in [0.25, 0.3) is 0 Å². The number of benzene rings is 2. The summed E-state index contributed by atoms with van der Waals surface area (Å²) in [7, 11) is 0. The number of carboxylic acids is 1. The van der Waals surface area contributed by atoms with E-state index in [0.717, 1.165) is 24.4 Å². The Morgan fingerprint density at radius 3 is 2.59 bits per heavy atom. The highest BCUT2D eigenvalue weighted by Crippen LogP contribution is 2.22. The van der Waals surface area contributed by atoms with Crippen LogP contribution in [0.2, 0.25) is 0 Å². The van der Waals surface area contributed by atoms with Crippen LogP contribution < -0.4 is 15.1 Å². The van der Waals surface area contributed by atoms with Crippen molar-refractivity contribution < 1.29 is 19.5 Å². The topological polar surface area (TPSA) is 71.0 Å². The number of hydrogen-bond acceptors (Lipinski definition) is 5. The maximum Gasteiger partial charge on any atom is 0.307 e. The van der Waals surface area contributed by atoms with Crippen molar-refractivity contribution in [1.29, 1.82) is 0 Å². The van der Waals surface area contributed by atoms with E-state index in [-0.39, 0.29) is 6.42 Å². The third-order valence-corrected chi connectivity index (χ3v) is 4.83. The quantitative estimate of drug-likeness (QED) is 0.469. The normalized spacial score (nSPS) is 14.1. The van der Waals surface area contributed by atoms with Crippen LogP contribution in [-0.2, 0) is 16.1 Å². The molecule has 0 saturated carbocycles. The lowest BCUT2D eigenvalue weighted by Gasteiger charge is -2.18. The van der Waals surface area contributed by atoms with Crippen LogP contribution in [0.4, 0.5) is 5.69 Å². The number of hydrogen-bond donors (Lipinski definition) is 2. The number of hydroxylamine groups is 1. The van der Waals surface area contributed by atoms with Crippen molar-refractivity contribution in [3.8, 4) is 5.75 Å². The Morgan fingerprint density at radius 1 is 1.14 bits per heavy atom. The second-order valence-electron chi connectivity index (χ2n) is 6.96. The number of rotatable bonds is 10. The van der Waals surface area contributed by atoms with Gasteiger partial charge < -0.3 is 14.7 Å². The molecular formula is C23H28N2O4. The van der Waals surface area contributed by atoms with Gasteiger partial charge in [-0.25, -0.2) is 0 Å². The molecule has 1 saturated heterocycles. The molecule has 0 atom stereocenters. The Kier molecular flexibility index (Phi) is 7.53. The molecule has 1 aliphatic heterocycles. The van der Waals surface area contributed by atoms with Crippen LogP contribution in [0.15, 0.2) is 54.6 Å². The zero-order valence-electron chi connectivity index (χ0n) is 16.8. The van der Waals surface area contributed by atoms with E-state index in [2.05, 4.69) is 34.6 Å². The largest absolute Gasteiger partial charge is 0.491 e. The number of anilines is 1. The standard InChI is InChI=1S/C23H28N2O4/c1-2-22(19-8-10-20(11-9-19)25-12-3-4-13-25)24-29-15-14-28-21-7-5-6-18(16-21)17-23(26)27/h2,5-11,16,24H,3-4,12-15,17H2,1H3,(H,26,27). The van der Waals surface area contributed by atoms with Gasteiger partial charge in [-0.2, -0.15) is 0 Å². The lowest BCUT2D eigenvalue weighted by molar-refractivity contribution is -0.136. The summed E-state index contributed by atoms with van der Waals surface area (Å²) in [6, 6.07) is 15.6. The van der Waals surface area contributed by atoms with Crippen LogP contribution in [0.5, 0.6) is 5.75 Å². The number of nitrogens with one attached hydrogen (secondary N) is 1. The Balaban J connectivity index is 1.42. The monoisotopic (exact) mass is 396 g/mol. The molecule has 1 fully saturated rings. The van der Waals surface area contributed by atoms with E-state index in [1.807, 2.05) is 13.0 Å². The predicted octanol–water partition coefficient (Wildman–Crippen LogP) is 3.87. The van der Waals surface area contributed by atoms with Gasteiger partial charge in [-0.3, -0.25) is 15.1 Å². The Hall–Kier alpha value is -2.99. The third-order valence-electron chi connectivity index (χ3n) is 4.83. The summed E-state index contributed by atoms with van der Waals surface area (Å²) in [5.41, 5.74) is 6.94. The zero-order chi connectivity index (χ0) is 20.5. The van der Waals surface area contributed by atoms with Crippen molar-refractivity contribution in [2.75, 3.05) is 31.2 Å². The number of ether oxygens (including phenoxy) is 1. The molecule has 0 amide bonds. The Bertz CT molecular complexity index is 827. The van der Waals surface area contributed by atoms with E-state index in [0.29, 0.717) is 24.5 Å². The van der Waals surface area contributed by atoms with Gasteiger partial charge in [0.2, 0.25) is 0 Å². The van der Waals surface area contributed by atoms with Crippen LogP contribution in [0.25, 0.3) is 5.70 Å². The van der Waals surface area contributed by atoms with Gasteiger partial charge in [0.15, 0.2) is 0 Å². The average molecular weight is 396 g/mol. The second-order valence-corrected chi connectivity index (χ2v) is 6.96. The summed E-state index contributed by atoms with van der Waals surface area (Å²) < 4.78 is 5.64. The minimum absolute atomic E-state index is 0.0174. The Morgan fingerprint density at radius 2 is 1.90 bits per heavy atom. The second kappa shape index (κ2) is 10.5. The smallest absolute Gasteiger partial charge is 0.307 e. The average Bonchev–Trinajstić information content (AvgIpc) is 3.26. The molecule has 154 valence electrons. The summed E-state index contributed by atoms with van der Waals surface area (Å²) in [5.74, 6) is -0.224. The predicted molar refractivity (Wildman–Crippen MR) is 114 cm³/mol. The van der Waals surface area contributed by atoms with Gasteiger partial charge in [0, 0.05) is 18.8 Å². The molecule has 0 aliphatic carbocycles. The van der Waals surface area contributed by atoms with Crippen LogP contribution in [-0.4, -0.2) is 37.4 Å². The molecule has 1 heterocycles. The molecule has 0 spiro atoms. The van der Waals surface area contributed by atoms with E-state index < -0.39 is 5.97 Å². The minimum Gasteiger partial charge on any atom is -0.491 e. The highest BCUT2D eigenvalue weighted by molar-refractivity contribution is 5.70. The third kappa shape index (κ3) is 6.26. The first-order valence-corrected chi connectivity index (χ1v) is 9.99. The fourth-order valence-corrected chi connectivity index (χ4v) is 3.36. The van der Waals surface area contributed by atoms with Gasteiger partial charge >= 0.3 is 5.97 Å². The fraction of sp³-hybridized carbons (Fsp3) is 0.348. The summed E-state index contributed by atoms with van der Waals surface area (Å²) in [4.78, 5) is 18.7. The van der Waals surface area contributed by atoms with Crippen LogP contribution >= 0.6 is 0 Å². The molecule has 0 bridgehead atoms. The van der Waals surface area contributed by atoms with E-state index in [9.17, 15) is 4.79 Å². The number of carbonyl (C=O) groups is 1. The van der Waals surface area contributed by atoms with Gasteiger partial charge in [-0.05, 0) is 55.2 Å². The van der Waals surface area contributed by atoms with Gasteiger partial charge in [0.05, 0.1) is 12.1 Å². The molecule has 6 nitrogen and oxygen atoms in total. The van der Waals surface area contributed by atoms with Gasteiger partial charge in [-0.15, -0.1) is 0 Å². The first kappa shape index (κ1) is 20.7. The lowest BCUT2D eigenvalue weighted by Crippen LogP contribution is -2.19. The number of nitrogens with zero attached hydrogens (tertiary/aromatic N) is 1. The first-order valence-electron chi connectivity index (χ1n) is 9.99. The van der Waals surface area contributed by atoms with E-state index in [1.54, 1.807) is 24.3 Å². The van der Waals surface area contributed by atoms with Gasteiger partial charge in [-0.1, -0.05) is 30.3 Å². The molecule has 0 aromatic heterocycles. The van der Waals surface area contributed by atoms with Crippen molar-refractivity contribution in [2.45, 2.75) is 26.2 Å². The molecular weight excluding hydrogens is 368 g/mol. The van der Waals surface area contributed by atoms with Crippen molar-refractivity contribution >= 4 is 17.4 Å². The number of carboxylic acid groups (broad SMARTS) is 1. The number of aliphatic carboxylic acids is 1. The van der Waals surface area contributed by atoms with Crippen LogP contribution in [0.1, 0.15) is 30.9 Å². The number of allylic oxidation sites excluding steroid dienone is 1. The first-order chi connectivity index (χ1) is 14.2.